The molecule has 0 radical (unpaired) electrons. The second kappa shape index (κ2) is 8.53. The Bertz CT molecular complexity index is 659. The van der Waals surface area contributed by atoms with Crippen molar-refractivity contribution in [1.29, 1.82) is 0 Å². The van der Waals surface area contributed by atoms with Gasteiger partial charge in [-0.1, -0.05) is 0 Å². The molecule has 122 valence electrons. The molecule has 0 aliphatic carbocycles. The molecule has 1 aromatic heterocycles. The van der Waals surface area contributed by atoms with E-state index in [0.717, 1.165) is 21.5 Å². The minimum absolute atomic E-state index is 0.0683. The molecule has 0 atom stereocenters. The molecule has 2 aromatic rings. The van der Waals surface area contributed by atoms with E-state index in [1.165, 1.54) is 0 Å². The van der Waals surface area contributed by atoms with Crippen LogP contribution in [0.4, 0.5) is 5.82 Å². The van der Waals surface area contributed by atoms with E-state index in [4.69, 9.17) is 9.47 Å². The maximum absolute atomic E-state index is 11.9. The fraction of sp³-hybridized carbons (Fsp3) is 0.294. The van der Waals surface area contributed by atoms with Gasteiger partial charge in [-0.15, -0.1) is 0 Å². The first kappa shape index (κ1) is 17.3. The van der Waals surface area contributed by atoms with Gasteiger partial charge in [-0.05, 0) is 65.2 Å². The highest BCUT2D eigenvalue weighted by molar-refractivity contribution is 9.10. The molecule has 5 nitrogen and oxygen atoms in total. The zero-order chi connectivity index (χ0) is 16.7. The lowest BCUT2D eigenvalue weighted by molar-refractivity contribution is -0.116. The van der Waals surface area contributed by atoms with Crippen LogP contribution in [0.25, 0.3) is 0 Å². The van der Waals surface area contributed by atoms with Crippen molar-refractivity contribution in [1.82, 2.24) is 4.98 Å². The molecule has 0 bridgehead atoms. The Morgan fingerprint density at radius 1 is 1.26 bits per heavy atom. The number of halogens is 1. The molecule has 0 saturated heterocycles. The van der Waals surface area contributed by atoms with E-state index in [0.29, 0.717) is 25.3 Å². The third-order valence-corrected chi connectivity index (χ3v) is 3.61. The number of benzene rings is 1. The molecule has 1 heterocycles. The molecule has 0 fully saturated rings. The Balaban J connectivity index is 1.72. The fourth-order valence-corrected chi connectivity index (χ4v) is 2.41. The largest absolute Gasteiger partial charge is 0.497 e. The maximum Gasteiger partial charge on any atom is 0.225 e. The first-order valence-corrected chi connectivity index (χ1v) is 8.06. The summed E-state index contributed by atoms with van der Waals surface area (Å²) in [6.45, 7) is 2.38. The third-order valence-electron chi connectivity index (χ3n) is 3.18. The van der Waals surface area contributed by atoms with Crippen LogP contribution in [0.5, 0.6) is 11.5 Å². The number of pyridine rings is 1. The first-order valence-electron chi connectivity index (χ1n) is 7.27. The van der Waals surface area contributed by atoms with Crippen molar-refractivity contribution in [2.24, 2.45) is 0 Å². The van der Waals surface area contributed by atoms with E-state index < -0.39 is 0 Å². The normalized spacial score (nSPS) is 10.2. The molecule has 0 spiro atoms. The van der Waals surface area contributed by atoms with Crippen LogP contribution in [0.15, 0.2) is 41.0 Å². The van der Waals surface area contributed by atoms with Crippen LogP contribution in [0, 0.1) is 6.92 Å². The van der Waals surface area contributed by atoms with E-state index in [9.17, 15) is 4.79 Å². The quantitative estimate of drug-likeness (QED) is 0.740. The van der Waals surface area contributed by atoms with Gasteiger partial charge in [-0.25, -0.2) is 4.98 Å². The third kappa shape index (κ3) is 5.56. The zero-order valence-corrected chi connectivity index (χ0v) is 14.7. The van der Waals surface area contributed by atoms with Gasteiger partial charge in [-0.3, -0.25) is 4.79 Å². The number of hydrogen-bond acceptors (Lipinski definition) is 4. The molecule has 0 aliphatic heterocycles. The summed E-state index contributed by atoms with van der Waals surface area (Å²) in [7, 11) is 1.62. The summed E-state index contributed by atoms with van der Waals surface area (Å²) in [4.78, 5) is 16.1. The lowest BCUT2D eigenvalue weighted by Crippen LogP contribution is -2.14. The lowest BCUT2D eigenvalue weighted by atomic mass is 10.2. The molecule has 0 saturated carbocycles. The molecule has 0 aliphatic rings. The average Bonchev–Trinajstić information content (AvgIpc) is 2.55. The van der Waals surface area contributed by atoms with Crippen LogP contribution in [-0.2, 0) is 4.79 Å². The Hall–Kier alpha value is -2.08. The van der Waals surface area contributed by atoms with Crippen LogP contribution < -0.4 is 14.8 Å². The number of nitrogens with zero attached hydrogens (tertiary/aromatic N) is 1. The van der Waals surface area contributed by atoms with Crippen molar-refractivity contribution in [2.75, 3.05) is 19.0 Å². The first-order chi connectivity index (χ1) is 11.1. The standard InChI is InChI=1S/C17H19BrN2O3/c1-12-10-13(18)11-19-17(12)20-16(21)4-3-9-23-15-7-5-14(22-2)6-8-15/h5-8,10-11H,3-4,9H2,1-2H3,(H,19,20,21). The summed E-state index contributed by atoms with van der Waals surface area (Å²) >= 11 is 3.35. The van der Waals surface area contributed by atoms with Crippen molar-refractivity contribution < 1.29 is 14.3 Å². The van der Waals surface area contributed by atoms with Crippen LogP contribution in [0.1, 0.15) is 18.4 Å². The van der Waals surface area contributed by atoms with Crippen LogP contribution in [-0.4, -0.2) is 24.6 Å². The van der Waals surface area contributed by atoms with Crippen LogP contribution in [0.3, 0.4) is 0 Å². The van der Waals surface area contributed by atoms with E-state index in [1.807, 2.05) is 37.3 Å². The van der Waals surface area contributed by atoms with Gasteiger partial charge in [0.2, 0.25) is 5.91 Å². The number of carbonyl (C=O) groups is 1. The van der Waals surface area contributed by atoms with Crippen LogP contribution in [0.2, 0.25) is 0 Å². The highest BCUT2D eigenvalue weighted by Crippen LogP contribution is 2.18. The lowest BCUT2D eigenvalue weighted by Gasteiger charge is -2.09. The van der Waals surface area contributed by atoms with E-state index in [1.54, 1.807) is 13.3 Å². The van der Waals surface area contributed by atoms with Crippen molar-refractivity contribution in [3.8, 4) is 11.5 Å². The predicted octanol–water partition coefficient (Wildman–Crippen LogP) is 3.96. The van der Waals surface area contributed by atoms with Gasteiger partial charge < -0.3 is 14.8 Å². The smallest absolute Gasteiger partial charge is 0.225 e. The molecule has 1 N–H and O–H groups in total. The minimum Gasteiger partial charge on any atom is -0.497 e. The molecule has 2 rings (SSSR count). The number of anilines is 1. The van der Waals surface area contributed by atoms with E-state index >= 15 is 0 Å². The number of methoxy groups -OCH3 is 1. The second-order valence-electron chi connectivity index (χ2n) is 4.99. The number of ether oxygens (including phenoxy) is 2. The topological polar surface area (TPSA) is 60.5 Å². The van der Waals surface area contributed by atoms with E-state index in [2.05, 4.69) is 26.2 Å². The monoisotopic (exact) mass is 378 g/mol. The highest BCUT2D eigenvalue weighted by atomic mass is 79.9. The number of aryl methyl sites for hydroxylation is 1. The summed E-state index contributed by atoms with van der Waals surface area (Å²) < 4.78 is 11.6. The van der Waals surface area contributed by atoms with Crippen molar-refractivity contribution in [3.05, 3.63) is 46.6 Å². The molecular formula is C17H19BrN2O3. The maximum atomic E-state index is 11.9. The second-order valence-corrected chi connectivity index (χ2v) is 5.91. The Kier molecular flexibility index (Phi) is 6.40. The Labute approximate surface area is 144 Å². The van der Waals surface area contributed by atoms with Crippen LogP contribution >= 0.6 is 15.9 Å². The Morgan fingerprint density at radius 3 is 2.61 bits per heavy atom. The summed E-state index contributed by atoms with van der Waals surface area (Å²) in [5.41, 5.74) is 0.919. The summed E-state index contributed by atoms with van der Waals surface area (Å²) in [6.07, 6.45) is 2.68. The number of hydrogen-bond donors (Lipinski definition) is 1. The average molecular weight is 379 g/mol. The molecule has 0 unspecified atom stereocenters. The number of aromatic nitrogens is 1. The van der Waals surface area contributed by atoms with Gasteiger partial charge in [0.15, 0.2) is 0 Å². The summed E-state index contributed by atoms with van der Waals surface area (Å²) in [5, 5.41) is 2.81. The molecule has 6 heteroatoms. The van der Waals surface area contributed by atoms with Gasteiger partial charge in [0.1, 0.15) is 17.3 Å². The summed E-state index contributed by atoms with van der Waals surface area (Å²) in [6, 6.07) is 9.27. The van der Waals surface area contributed by atoms with Gasteiger partial charge in [0.25, 0.3) is 0 Å². The van der Waals surface area contributed by atoms with Gasteiger partial charge in [0.05, 0.1) is 13.7 Å². The molecule has 23 heavy (non-hydrogen) atoms. The van der Waals surface area contributed by atoms with Gasteiger partial charge in [-0.2, -0.15) is 0 Å². The highest BCUT2D eigenvalue weighted by Gasteiger charge is 2.06. The molecule has 1 aromatic carbocycles. The number of rotatable bonds is 7. The Morgan fingerprint density at radius 2 is 1.96 bits per heavy atom. The molecular weight excluding hydrogens is 360 g/mol. The van der Waals surface area contributed by atoms with Crippen molar-refractivity contribution in [3.63, 3.8) is 0 Å². The summed E-state index contributed by atoms with van der Waals surface area (Å²) in [5.74, 6) is 2.07. The molecule has 1 amide bonds. The zero-order valence-electron chi connectivity index (χ0n) is 13.1. The number of carbonyl (C=O) groups excluding carboxylic acids is 1. The van der Waals surface area contributed by atoms with Crippen molar-refractivity contribution >= 4 is 27.7 Å². The predicted molar refractivity (Wildman–Crippen MR) is 93.0 cm³/mol. The SMILES string of the molecule is COc1ccc(OCCCC(=O)Nc2ncc(Br)cc2C)cc1. The van der Waals surface area contributed by atoms with Gasteiger partial charge in [0, 0.05) is 17.1 Å². The number of nitrogens with one attached hydrogen (secondary N) is 1. The van der Waals surface area contributed by atoms with Crippen molar-refractivity contribution in [2.45, 2.75) is 19.8 Å². The van der Waals surface area contributed by atoms with E-state index in [-0.39, 0.29) is 5.91 Å². The fourth-order valence-electron chi connectivity index (χ4n) is 1.96. The minimum atomic E-state index is -0.0683. The number of amides is 1. The van der Waals surface area contributed by atoms with Gasteiger partial charge >= 0.3 is 0 Å².